The van der Waals surface area contributed by atoms with Gasteiger partial charge in [0.15, 0.2) is 4.21 Å². The number of hydrogen-bond acceptors (Lipinski definition) is 7. The number of sulfonamides is 1. The maximum atomic E-state index is 12.9. The van der Waals surface area contributed by atoms with E-state index in [1.165, 1.54) is 16.9 Å². The van der Waals surface area contributed by atoms with Crippen molar-refractivity contribution >= 4 is 21.4 Å². The number of aryl methyl sites for hydroxylation is 2. The van der Waals surface area contributed by atoms with Crippen LogP contribution in [-0.2, 0) is 23.1 Å². The SMILES string of the molecule is Cc1nc(C)c(S(=O)(=O)NCc2ccc(OC(C)C)c(CNC3CCCNC3c3ccccc3)c2)s1. The summed E-state index contributed by atoms with van der Waals surface area (Å²) < 4.78 is 34.8. The molecule has 0 amide bonds. The van der Waals surface area contributed by atoms with Gasteiger partial charge >= 0.3 is 0 Å². The van der Waals surface area contributed by atoms with Crippen LogP contribution in [0.4, 0.5) is 0 Å². The molecule has 2 aromatic carbocycles. The second-order valence-electron chi connectivity index (χ2n) is 9.51. The Bertz CT molecular complexity index is 1260. The highest BCUT2D eigenvalue weighted by molar-refractivity contribution is 7.91. The Hall–Kier alpha value is -2.30. The summed E-state index contributed by atoms with van der Waals surface area (Å²) in [7, 11) is -3.63. The van der Waals surface area contributed by atoms with E-state index in [-0.39, 0.29) is 28.9 Å². The average molecular weight is 529 g/mol. The van der Waals surface area contributed by atoms with E-state index in [9.17, 15) is 8.42 Å². The molecule has 3 aromatic rings. The lowest BCUT2D eigenvalue weighted by Crippen LogP contribution is -2.45. The molecule has 0 radical (unpaired) electrons. The largest absolute Gasteiger partial charge is 0.491 e. The van der Waals surface area contributed by atoms with Crippen LogP contribution in [0.3, 0.4) is 0 Å². The molecule has 36 heavy (non-hydrogen) atoms. The molecule has 2 atom stereocenters. The maximum Gasteiger partial charge on any atom is 0.252 e. The van der Waals surface area contributed by atoms with Crippen molar-refractivity contribution in [2.45, 2.75) is 76.0 Å². The standard InChI is InChI=1S/C27H36N4O3S2/c1-18(2)34-25-13-12-21(16-30-36(32,33)27-19(3)31-20(4)35-27)15-23(25)17-29-24-11-8-14-28-26(24)22-9-6-5-7-10-22/h5-7,9-10,12-13,15,18,24,26,28-30H,8,11,14,16-17H2,1-4H3. The zero-order valence-electron chi connectivity index (χ0n) is 21.4. The van der Waals surface area contributed by atoms with E-state index in [0.29, 0.717) is 12.2 Å². The third-order valence-electron chi connectivity index (χ3n) is 6.23. The van der Waals surface area contributed by atoms with Crippen LogP contribution in [0.25, 0.3) is 0 Å². The first kappa shape index (κ1) is 26.8. The van der Waals surface area contributed by atoms with Crippen LogP contribution in [0.15, 0.2) is 52.7 Å². The summed E-state index contributed by atoms with van der Waals surface area (Å²) >= 11 is 1.19. The van der Waals surface area contributed by atoms with Crippen molar-refractivity contribution < 1.29 is 13.2 Å². The van der Waals surface area contributed by atoms with Gasteiger partial charge in [-0.05, 0) is 70.3 Å². The first-order valence-corrected chi connectivity index (χ1v) is 14.8. The molecule has 0 spiro atoms. The number of benzene rings is 2. The lowest BCUT2D eigenvalue weighted by molar-refractivity contribution is 0.238. The molecule has 1 fully saturated rings. The molecule has 7 nitrogen and oxygen atoms in total. The molecule has 2 heterocycles. The number of thiazole rings is 1. The van der Waals surface area contributed by atoms with Crippen molar-refractivity contribution in [1.29, 1.82) is 0 Å². The highest BCUT2D eigenvalue weighted by atomic mass is 32.2. The van der Waals surface area contributed by atoms with Crippen LogP contribution in [0, 0.1) is 13.8 Å². The molecule has 9 heteroatoms. The van der Waals surface area contributed by atoms with Gasteiger partial charge in [0.25, 0.3) is 10.0 Å². The average Bonchev–Trinajstić information content (AvgIpc) is 3.21. The van der Waals surface area contributed by atoms with E-state index in [0.717, 1.165) is 41.3 Å². The van der Waals surface area contributed by atoms with E-state index in [1.54, 1.807) is 6.92 Å². The van der Waals surface area contributed by atoms with Crippen molar-refractivity contribution in [1.82, 2.24) is 20.3 Å². The third-order valence-corrected chi connectivity index (χ3v) is 9.31. The van der Waals surface area contributed by atoms with Crippen LogP contribution in [0.2, 0.25) is 0 Å². The van der Waals surface area contributed by atoms with Gasteiger partial charge in [-0.3, -0.25) is 0 Å². The Balaban J connectivity index is 1.49. The van der Waals surface area contributed by atoms with Gasteiger partial charge in [0.2, 0.25) is 0 Å². The Kier molecular flexibility index (Phi) is 8.79. The zero-order chi connectivity index (χ0) is 25.7. The molecule has 4 rings (SSSR count). The molecule has 3 N–H and O–H groups in total. The number of piperidine rings is 1. The van der Waals surface area contributed by atoms with Gasteiger partial charge in [0.1, 0.15) is 5.75 Å². The monoisotopic (exact) mass is 528 g/mol. The molecular formula is C27H36N4O3S2. The van der Waals surface area contributed by atoms with Crippen molar-refractivity contribution in [2.75, 3.05) is 6.54 Å². The van der Waals surface area contributed by atoms with E-state index in [1.807, 2.05) is 45.0 Å². The first-order valence-electron chi connectivity index (χ1n) is 12.5. The van der Waals surface area contributed by atoms with E-state index < -0.39 is 10.0 Å². The Labute approximate surface area is 218 Å². The molecule has 1 aliphatic heterocycles. The minimum atomic E-state index is -3.63. The van der Waals surface area contributed by atoms with E-state index >= 15 is 0 Å². The second-order valence-corrected chi connectivity index (χ2v) is 12.7. The Morgan fingerprint density at radius 1 is 1.14 bits per heavy atom. The smallest absolute Gasteiger partial charge is 0.252 e. The Morgan fingerprint density at radius 3 is 2.61 bits per heavy atom. The maximum absolute atomic E-state index is 12.9. The summed E-state index contributed by atoms with van der Waals surface area (Å²) in [5, 5.41) is 8.15. The van der Waals surface area contributed by atoms with Crippen molar-refractivity contribution in [3.8, 4) is 5.75 Å². The van der Waals surface area contributed by atoms with Gasteiger partial charge in [-0.15, -0.1) is 11.3 Å². The topological polar surface area (TPSA) is 92.4 Å². The predicted octanol–water partition coefficient (Wildman–Crippen LogP) is 4.61. The highest BCUT2D eigenvalue weighted by Crippen LogP contribution is 2.27. The fourth-order valence-corrected chi connectivity index (χ4v) is 7.16. The summed E-state index contributed by atoms with van der Waals surface area (Å²) in [5.41, 5.74) is 3.71. The molecular weight excluding hydrogens is 492 g/mol. The molecule has 0 aliphatic carbocycles. The van der Waals surface area contributed by atoms with Crippen LogP contribution < -0.4 is 20.1 Å². The second kappa shape index (κ2) is 11.8. The number of aromatic nitrogens is 1. The summed E-state index contributed by atoms with van der Waals surface area (Å²) in [6.07, 6.45) is 2.24. The van der Waals surface area contributed by atoms with Crippen LogP contribution in [0.1, 0.15) is 60.1 Å². The number of rotatable bonds is 10. The molecule has 0 saturated carbocycles. The van der Waals surface area contributed by atoms with Gasteiger partial charge in [0, 0.05) is 30.7 Å². The molecule has 1 saturated heterocycles. The number of nitrogens with zero attached hydrogens (tertiary/aromatic N) is 1. The number of nitrogens with one attached hydrogen (secondary N) is 3. The van der Waals surface area contributed by atoms with Crippen molar-refractivity contribution in [3.63, 3.8) is 0 Å². The minimum Gasteiger partial charge on any atom is -0.491 e. The Morgan fingerprint density at radius 2 is 1.92 bits per heavy atom. The van der Waals surface area contributed by atoms with Gasteiger partial charge in [-0.2, -0.15) is 0 Å². The van der Waals surface area contributed by atoms with E-state index in [2.05, 4.69) is 44.6 Å². The lowest BCUT2D eigenvalue weighted by Gasteiger charge is -2.34. The minimum absolute atomic E-state index is 0.0408. The van der Waals surface area contributed by atoms with Crippen LogP contribution in [-0.4, -0.2) is 32.1 Å². The van der Waals surface area contributed by atoms with Crippen LogP contribution in [0.5, 0.6) is 5.75 Å². The summed E-state index contributed by atoms with van der Waals surface area (Å²) in [4.78, 5) is 4.25. The lowest BCUT2D eigenvalue weighted by atomic mass is 9.92. The highest BCUT2D eigenvalue weighted by Gasteiger charge is 2.26. The van der Waals surface area contributed by atoms with Gasteiger partial charge < -0.3 is 15.4 Å². The summed E-state index contributed by atoms with van der Waals surface area (Å²) in [5.74, 6) is 0.818. The fraction of sp³-hybridized carbons (Fsp3) is 0.444. The number of ether oxygens (including phenoxy) is 1. The zero-order valence-corrected chi connectivity index (χ0v) is 23.0. The molecule has 2 unspecified atom stereocenters. The summed E-state index contributed by atoms with van der Waals surface area (Å²) in [6, 6.07) is 17.0. The van der Waals surface area contributed by atoms with Crippen LogP contribution >= 0.6 is 11.3 Å². The van der Waals surface area contributed by atoms with Crippen molar-refractivity contribution in [3.05, 3.63) is 75.9 Å². The summed E-state index contributed by atoms with van der Waals surface area (Å²) in [6.45, 7) is 9.39. The molecule has 194 valence electrons. The van der Waals surface area contributed by atoms with Gasteiger partial charge in [0.05, 0.1) is 16.8 Å². The number of hydrogen-bond donors (Lipinski definition) is 3. The molecule has 0 bridgehead atoms. The predicted molar refractivity (Wildman–Crippen MR) is 145 cm³/mol. The fourth-order valence-electron chi connectivity index (χ4n) is 4.62. The van der Waals surface area contributed by atoms with Gasteiger partial charge in [-0.25, -0.2) is 18.1 Å². The normalized spacial score (nSPS) is 18.5. The van der Waals surface area contributed by atoms with Gasteiger partial charge in [-0.1, -0.05) is 36.4 Å². The van der Waals surface area contributed by atoms with E-state index in [4.69, 9.17) is 4.74 Å². The quantitative estimate of drug-likeness (QED) is 0.356. The molecule has 1 aromatic heterocycles. The first-order chi connectivity index (χ1) is 17.2. The molecule has 1 aliphatic rings. The third kappa shape index (κ3) is 6.72. The van der Waals surface area contributed by atoms with Crippen molar-refractivity contribution in [2.24, 2.45) is 0 Å².